The second-order valence-corrected chi connectivity index (χ2v) is 10.4. The number of rotatable bonds is 7. The molecule has 0 bridgehead atoms. The van der Waals surface area contributed by atoms with Crippen LogP contribution in [-0.2, 0) is 20.8 Å². The molecule has 1 saturated heterocycles. The average Bonchev–Trinajstić information content (AvgIpc) is 2.88. The van der Waals surface area contributed by atoms with Crippen LogP contribution in [0.4, 0.5) is 0 Å². The molecule has 6 nitrogen and oxygen atoms in total. The lowest BCUT2D eigenvalue weighted by Crippen LogP contribution is -2.70. The number of aliphatic carboxylic acids is 1. The highest BCUT2D eigenvalue weighted by Gasteiger charge is 2.54. The zero-order chi connectivity index (χ0) is 24.4. The first kappa shape index (κ1) is 23.3. The van der Waals surface area contributed by atoms with E-state index >= 15 is 0 Å². The van der Waals surface area contributed by atoms with Gasteiger partial charge in [-0.05, 0) is 22.8 Å². The summed E-state index contributed by atoms with van der Waals surface area (Å²) in [6, 6.07) is 26.3. The Morgan fingerprint density at radius 1 is 0.971 bits per heavy atom. The number of thioether (sulfide) groups is 2. The minimum absolute atomic E-state index is 0.000160. The highest BCUT2D eigenvalue weighted by Crippen LogP contribution is 2.46. The van der Waals surface area contributed by atoms with Gasteiger partial charge in [0.25, 0.3) is 5.91 Å². The van der Waals surface area contributed by atoms with Crippen LogP contribution in [0.5, 0.6) is 0 Å². The molecule has 2 aliphatic rings. The van der Waals surface area contributed by atoms with Gasteiger partial charge in [-0.2, -0.15) is 0 Å². The molecule has 0 aromatic heterocycles. The SMILES string of the molecule is O=C(Cc1ccccc1)N[C@@H]1C(=O)N2C(C(=O)O)=C(Sc3ccccc3-c3ccccc3)CS[C@H]12. The molecule has 2 N–H and O–H groups in total. The van der Waals surface area contributed by atoms with Gasteiger partial charge >= 0.3 is 5.97 Å². The van der Waals surface area contributed by atoms with Crippen molar-refractivity contribution in [3.8, 4) is 11.1 Å². The van der Waals surface area contributed by atoms with Crippen molar-refractivity contribution in [1.29, 1.82) is 0 Å². The second kappa shape index (κ2) is 10.0. The maximum absolute atomic E-state index is 13.0. The van der Waals surface area contributed by atoms with Crippen molar-refractivity contribution in [2.75, 3.05) is 5.75 Å². The largest absolute Gasteiger partial charge is 0.477 e. The van der Waals surface area contributed by atoms with Crippen molar-refractivity contribution in [3.63, 3.8) is 0 Å². The monoisotopic (exact) mass is 502 g/mol. The Kier molecular flexibility index (Phi) is 6.66. The van der Waals surface area contributed by atoms with Crippen molar-refractivity contribution in [2.45, 2.75) is 22.7 Å². The summed E-state index contributed by atoms with van der Waals surface area (Å²) in [4.78, 5) is 40.6. The number of nitrogens with one attached hydrogen (secondary N) is 1. The molecule has 1 fully saturated rings. The Morgan fingerprint density at radius 3 is 2.34 bits per heavy atom. The van der Waals surface area contributed by atoms with Crippen LogP contribution >= 0.6 is 23.5 Å². The lowest BCUT2D eigenvalue weighted by atomic mass is 10.0. The number of benzene rings is 3. The van der Waals surface area contributed by atoms with Crippen LogP contribution in [0.1, 0.15) is 5.56 Å². The molecule has 0 saturated carbocycles. The smallest absolute Gasteiger partial charge is 0.353 e. The van der Waals surface area contributed by atoms with Gasteiger partial charge in [0.1, 0.15) is 17.1 Å². The van der Waals surface area contributed by atoms with Crippen molar-refractivity contribution in [2.24, 2.45) is 0 Å². The van der Waals surface area contributed by atoms with E-state index in [1.807, 2.05) is 84.9 Å². The number of nitrogens with zero attached hydrogens (tertiary/aromatic N) is 1. The summed E-state index contributed by atoms with van der Waals surface area (Å²) in [6.07, 6.45) is 0.168. The summed E-state index contributed by atoms with van der Waals surface area (Å²) in [5.74, 6) is -1.35. The summed E-state index contributed by atoms with van der Waals surface area (Å²) in [6.45, 7) is 0. The van der Waals surface area contributed by atoms with E-state index in [-0.39, 0.29) is 18.0 Å². The highest BCUT2D eigenvalue weighted by atomic mass is 32.2. The quantitative estimate of drug-likeness (QED) is 0.466. The second-order valence-electron chi connectivity index (χ2n) is 8.16. The third kappa shape index (κ3) is 4.72. The lowest BCUT2D eigenvalue weighted by molar-refractivity contribution is -0.150. The summed E-state index contributed by atoms with van der Waals surface area (Å²) >= 11 is 2.85. The molecular weight excluding hydrogens is 480 g/mol. The summed E-state index contributed by atoms with van der Waals surface area (Å²) < 4.78 is 0. The first-order valence-corrected chi connectivity index (χ1v) is 13.0. The number of β-lactam (4-membered cyclic amide) rings is 1. The van der Waals surface area contributed by atoms with Crippen molar-refractivity contribution < 1.29 is 19.5 Å². The first-order chi connectivity index (χ1) is 17.0. The van der Waals surface area contributed by atoms with Gasteiger partial charge in [-0.15, -0.1) is 11.8 Å². The Balaban J connectivity index is 1.36. The molecule has 176 valence electrons. The predicted molar refractivity (Wildman–Crippen MR) is 138 cm³/mol. The van der Waals surface area contributed by atoms with Crippen LogP contribution < -0.4 is 5.32 Å². The molecule has 2 heterocycles. The fraction of sp³-hybridized carbons (Fsp3) is 0.148. The van der Waals surface area contributed by atoms with E-state index in [1.54, 1.807) is 0 Å². The van der Waals surface area contributed by atoms with E-state index in [1.165, 1.54) is 28.4 Å². The average molecular weight is 503 g/mol. The molecule has 8 heteroatoms. The number of amides is 2. The highest BCUT2D eigenvalue weighted by molar-refractivity contribution is 8.06. The zero-order valence-corrected chi connectivity index (χ0v) is 20.2. The fourth-order valence-electron chi connectivity index (χ4n) is 4.22. The third-order valence-electron chi connectivity index (χ3n) is 5.86. The molecule has 3 aromatic carbocycles. The van der Waals surface area contributed by atoms with Gasteiger partial charge in [-0.25, -0.2) is 4.79 Å². The van der Waals surface area contributed by atoms with Crippen LogP contribution in [0.3, 0.4) is 0 Å². The molecule has 2 aliphatic heterocycles. The topological polar surface area (TPSA) is 86.7 Å². The third-order valence-corrected chi connectivity index (χ3v) is 8.49. The maximum atomic E-state index is 13.0. The number of hydrogen-bond donors (Lipinski definition) is 2. The van der Waals surface area contributed by atoms with E-state index in [0.717, 1.165) is 21.6 Å². The van der Waals surface area contributed by atoms with Crippen LogP contribution in [0, 0.1) is 0 Å². The lowest BCUT2D eigenvalue weighted by Gasteiger charge is -2.49. The fourth-order valence-corrected chi connectivity index (χ4v) is 6.84. The van der Waals surface area contributed by atoms with E-state index in [9.17, 15) is 19.5 Å². The molecule has 0 aliphatic carbocycles. The maximum Gasteiger partial charge on any atom is 0.353 e. The zero-order valence-electron chi connectivity index (χ0n) is 18.6. The molecule has 5 rings (SSSR count). The Morgan fingerprint density at radius 2 is 1.63 bits per heavy atom. The van der Waals surface area contributed by atoms with Crippen molar-refractivity contribution >= 4 is 41.3 Å². The number of hydrogen-bond acceptors (Lipinski definition) is 5. The molecule has 2 atom stereocenters. The van der Waals surface area contributed by atoms with E-state index < -0.39 is 23.3 Å². The Labute approximate surface area is 211 Å². The van der Waals surface area contributed by atoms with Gasteiger partial charge in [0, 0.05) is 15.6 Å². The predicted octanol–water partition coefficient (Wildman–Crippen LogP) is 4.38. The standard InChI is InChI=1S/C27H22N2O4S2/c30-22(15-17-9-3-1-4-10-17)28-23-25(31)29-24(27(32)33)21(16-34-26(23)29)35-20-14-8-7-13-19(20)18-11-5-2-6-12-18/h1-14,23,26H,15-16H2,(H,28,30)(H,32,33)/t23-,26-/m1/s1. The minimum atomic E-state index is -1.14. The Hall–Kier alpha value is -3.49. The number of fused-ring (bicyclic) bond motifs is 1. The van der Waals surface area contributed by atoms with Gasteiger partial charge in [0.15, 0.2) is 0 Å². The molecule has 2 amide bonds. The molecule has 0 spiro atoms. The molecule has 0 unspecified atom stereocenters. The molecular formula is C27H22N2O4S2. The normalized spacial score (nSPS) is 19.1. The molecule has 35 heavy (non-hydrogen) atoms. The van der Waals surface area contributed by atoms with Gasteiger partial charge in [0.05, 0.1) is 6.42 Å². The number of carbonyl (C=O) groups excluding carboxylic acids is 2. The van der Waals surface area contributed by atoms with Crippen molar-refractivity contribution in [3.05, 3.63) is 101 Å². The number of carboxylic acids is 1. The van der Waals surface area contributed by atoms with Gasteiger partial charge < -0.3 is 10.4 Å². The Bertz CT molecular complexity index is 1310. The van der Waals surface area contributed by atoms with Gasteiger partial charge in [0.2, 0.25) is 5.91 Å². The van der Waals surface area contributed by atoms with Crippen LogP contribution in [0.25, 0.3) is 11.1 Å². The van der Waals surface area contributed by atoms with E-state index in [0.29, 0.717) is 10.7 Å². The summed E-state index contributed by atoms with van der Waals surface area (Å²) in [7, 11) is 0. The van der Waals surface area contributed by atoms with E-state index in [2.05, 4.69) is 5.32 Å². The van der Waals surface area contributed by atoms with Crippen molar-refractivity contribution in [1.82, 2.24) is 10.2 Å². The number of carboxylic acid groups (broad SMARTS) is 1. The first-order valence-electron chi connectivity index (χ1n) is 11.1. The van der Waals surface area contributed by atoms with E-state index in [4.69, 9.17) is 0 Å². The summed E-state index contributed by atoms with van der Waals surface area (Å²) in [5.41, 5.74) is 2.89. The van der Waals surface area contributed by atoms with Gasteiger partial charge in [-0.3, -0.25) is 14.5 Å². The van der Waals surface area contributed by atoms with Gasteiger partial charge in [-0.1, -0.05) is 90.6 Å². The molecule has 0 radical (unpaired) electrons. The van der Waals surface area contributed by atoms with Crippen LogP contribution in [0.15, 0.2) is 100 Å². The summed E-state index contributed by atoms with van der Waals surface area (Å²) in [5, 5.41) is 12.4. The number of carbonyl (C=O) groups is 3. The molecule has 3 aromatic rings. The van der Waals surface area contributed by atoms with Crippen LogP contribution in [-0.4, -0.2) is 45.0 Å². The minimum Gasteiger partial charge on any atom is -0.477 e. The van der Waals surface area contributed by atoms with Crippen LogP contribution in [0.2, 0.25) is 0 Å².